The summed E-state index contributed by atoms with van der Waals surface area (Å²) in [6.07, 6.45) is 4.55. The van der Waals surface area contributed by atoms with Crippen molar-refractivity contribution >= 4 is 11.6 Å². The minimum Gasteiger partial charge on any atom is -0.389 e. The monoisotopic (exact) mass is 261 g/mol. The fourth-order valence-corrected chi connectivity index (χ4v) is 3.02. The zero-order valence-electron chi connectivity index (χ0n) is 11.8. The Labute approximate surface area is 115 Å². The van der Waals surface area contributed by atoms with E-state index in [9.17, 15) is 9.90 Å². The Hall–Kier alpha value is -1.35. The van der Waals surface area contributed by atoms with E-state index >= 15 is 0 Å². The quantitative estimate of drug-likeness (QED) is 0.869. The number of aliphatic hydroxyl groups excluding tert-OH is 1. The molecule has 1 aliphatic carbocycles. The van der Waals surface area contributed by atoms with Crippen molar-refractivity contribution in [2.24, 2.45) is 5.41 Å². The Kier molecular flexibility index (Phi) is 4.25. The molecule has 1 aliphatic rings. The minimum absolute atomic E-state index is 0.112. The average molecular weight is 261 g/mol. The lowest BCUT2D eigenvalue weighted by atomic mass is 9.82. The molecular weight excluding hydrogens is 238 g/mol. The van der Waals surface area contributed by atoms with Gasteiger partial charge in [0.25, 0.3) is 0 Å². The Morgan fingerprint density at radius 3 is 2.58 bits per heavy atom. The summed E-state index contributed by atoms with van der Waals surface area (Å²) >= 11 is 0. The van der Waals surface area contributed by atoms with Gasteiger partial charge >= 0.3 is 0 Å². The molecule has 1 atom stereocenters. The Morgan fingerprint density at radius 1 is 1.37 bits per heavy atom. The highest BCUT2D eigenvalue weighted by Gasteiger charge is 2.39. The van der Waals surface area contributed by atoms with Gasteiger partial charge in [-0.1, -0.05) is 38.0 Å². The van der Waals surface area contributed by atoms with Crippen molar-refractivity contribution in [2.75, 3.05) is 5.32 Å². The smallest absolute Gasteiger partial charge is 0.230 e. The van der Waals surface area contributed by atoms with Crippen molar-refractivity contribution in [3.05, 3.63) is 29.8 Å². The molecule has 2 N–H and O–H groups in total. The molecule has 0 aromatic heterocycles. The minimum atomic E-state index is -0.572. The van der Waals surface area contributed by atoms with E-state index < -0.39 is 6.10 Å². The van der Waals surface area contributed by atoms with Crippen LogP contribution in [0.3, 0.4) is 0 Å². The fraction of sp³-hybridized carbons (Fsp3) is 0.562. The van der Waals surface area contributed by atoms with Crippen LogP contribution in [0.1, 0.15) is 57.6 Å². The molecule has 3 heteroatoms. The molecular formula is C16H23NO2. The van der Waals surface area contributed by atoms with Gasteiger partial charge in [-0.2, -0.15) is 0 Å². The third-order valence-corrected chi connectivity index (χ3v) is 4.38. The Balaban J connectivity index is 2.19. The van der Waals surface area contributed by atoms with E-state index in [1.807, 2.05) is 24.3 Å². The second kappa shape index (κ2) is 5.74. The standard InChI is InChI=1S/C16H23NO2/c1-3-16(10-6-7-11-16)15(19)17-14-9-5-4-8-13(14)12(2)18/h4-5,8-9,12,18H,3,6-7,10-11H2,1-2H3,(H,17,19). The summed E-state index contributed by atoms with van der Waals surface area (Å²) in [4.78, 5) is 12.5. The molecule has 2 rings (SSSR count). The number of carbonyl (C=O) groups is 1. The van der Waals surface area contributed by atoms with Gasteiger partial charge in [-0.25, -0.2) is 0 Å². The largest absolute Gasteiger partial charge is 0.389 e. The van der Waals surface area contributed by atoms with Crippen molar-refractivity contribution < 1.29 is 9.90 Å². The number of anilines is 1. The number of carbonyl (C=O) groups excluding carboxylic acids is 1. The maximum absolute atomic E-state index is 12.5. The van der Waals surface area contributed by atoms with Gasteiger partial charge in [-0.05, 0) is 32.3 Å². The van der Waals surface area contributed by atoms with Crippen LogP contribution in [0, 0.1) is 5.41 Å². The van der Waals surface area contributed by atoms with Crippen molar-refractivity contribution in [1.82, 2.24) is 0 Å². The van der Waals surface area contributed by atoms with Gasteiger partial charge in [0.1, 0.15) is 0 Å². The molecule has 1 amide bonds. The first-order valence-electron chi connectivity index (χ1n) is 7.17. The summed E-state index contributed by atoms with van der Waals surface area (Å²) in [6.45, 7) is 3.81. The van der Waals surface area contributed by atoms with E-state index in [2.05, 4.69) is 12.2 Å². The van der Waals surface area contributed by atoms with Crippen LogP contribution in [-0.2, 0) is 4.79 Å². The average Bonchev–Trinajstić information content (AvgIpc) is 2.89. The number of amides is 1. The van der Waals surface area contributed by atoms with E-state index in [0.717, 1.165) is 43.4 Å². The third kappa shape index (κ3) is 2.81. The molecule has 0 spiro atoms. The van der Waals surface area contributed by atoms with E-state index in [0.29, 0.717) is 0 Å². The molecule has 1 fully saturated rings. The highest BCUT2D eigenvalue weighted by Crippen LogP contribution is 2.42. The van der Waals surface area contributed by atoms with Crippen molar-refractivity contribution in [3.8, 4) is 0 Å². The topological polar surface area (TPSA) is 49.3 Å². The van der Waals surface area contributed by atoms with Crippen LogP contribution >= 0.6 is 0 Å². The Morgan fingerprint density at radius 2 is 2.00 bits per heavy atom. The molecule has 1 aromatic rings. The van der Waals surface area contributed by atoms with Crippen LogP contribution in [0.4, 0.5) is 5.69 Å². The summed E-state index contributed by atoms with van der Waals surface area (Å²) < 4.78 is 0. The zero-order valence-corrected chi connectivity index (χ0v) is 11.8. The maximum Gasteiger partial charge on any atom is 0.230 e. The van der Waals surface area contributed by atoms with Gasteiger partial charge in [0, 0.05) is 16.7 Å². The van der Waals surface area contributed by atoms with Gasteiger partial charge in [-0.15, -0.1) is 0 Å². The molecule has 3 nitrogen and oxygen atoms in total. The third-order valence-electron chi connectivity index (χ3n) is 4.38. The second-order valence-corrected chi connectivity index (χ2v) is 5.56. The van der Waals surface area contributed by atoms with Crippen molar-refractivity contribution in [1.29, 1.82) is 0 Å². The van der Waals surface area contributed by atoms with Gasteiger partial charge in [0.2, 0.25) is 5.91 Å². The summed E-state index contributed by atoms with van der Waals surface area (Å²) in [6, 6.07) is 7.48. The lowest BCUT2D eigenvalue weighted by Gasteiger charge is -2.26. The van der Waals surface area contributed by atoms with Crippen LogP contribution in [-0.4, -0.2) is 11.0 Å². The highest BCUT2D eigenvalue weighted by molar-refractivity contribution is 5.96. The number of para-hydroxylation sites is 1. The van der Waals surface area contributed by atoms with Crippen molar-refractivity contribution in [2.45, 2.75) is 52.1 Å². The predicted octanol–water partition coefficient (Wildman–Crippen LogP) is 3.65. The maximum atomic E-state index is 12.5. The number of rotatable bonds is 4. The Bertz CT molecular complexity index is 448. The zero-order chi connectivity index (χ0) is 13.9. The molecule has 0 aliphatic heterocycles. The molecule has 1 aromatic carbocycles. The first-order valence-corrected chi connectivity index (χ1v) is 7.17. The molecule has 1 saturated carbocycles. The van der Waals surface area contributed by atoms with E-state index in [1.54, 1.807) is 6.92 Å². The van der Waals surface area contributed by atoms with E-state index in [1.165, 1.54) is 0 Å². The molecule has 0 heterocycles. The molecule has 0 radical (unpaired) electrons. The lowest BCUT2D eigenvalue weighted by molar-refractivity contribution is -0.125. The first-order chi connectivity index (χ1) is 9.09. The fourth-order valence-electron chi connectivity index (χ4n) is 3.02. The van der Waals surface area contributed by atoms with Crippen molar-refractivity contribution in [3.63, 3.8) is 0 Å². The lowest BCUT2D eigenvalue weighted by Crippen LogP contribution is -2.33. The predicted molar refractivity (Wildman–Crippen MR) is 76.9 cm³/mol. The van der Waals surface area contributed by atoms with Gasteiger partial charge in [0.15, 0.2) is 0 Å². The highest BCUT2D eigenvalue weighted by atomic mass is 16.3. The van der Waals surface area contributed by atoms with Crippen LogP contribution in [0.15, 0.2) is 24.3 Å². The molecule has 1 unspecified atom stereocenters. The van der Waals surface area contributed by atoms with Crippen LogP contribution in [0.5, 0.6) is 0 Å². The van der Waals surface area contributed by atoms with Crippen LogP contribution in [0.2, 0.25) is 0 Å². The van der Waals surface area contributed by atoms with E-state index in [4.69, 9.17) is 0 Å². The van der Waals surface area contributed by atoms with Crippen LogP contribution < -0.4 is 5.32 Å². The number of nitrogens with one attached hydrogen (secondary N) is 1. The van der Waals surface area contributed by atoms with Crippen LogP contribution in [0.25, 0.3) is 0 Å². The summed E-state index contributed by atoms with van der Waals surface area (Å²) in [7, 11) is 0. The molecule has 0 saturated heterocycles. The van der Waals surface area contributed by atoms with E-state index in [-0.39, 0.29) is 11.3 Å². The number of benzene rings is 1. The normalized spacial score (nSPS) is 19.1. The molecule has 19 heavy (non-hydrogen) atoms. The number of hydrogen-bond donors (Lipinski definition) is 2. The summed E-state index contributed by atoms with van der Waals surface area (Å²) in [5.74, 6) is 0.112. The van der Waals surface area contributed by atoms with Gasteiger partial charge < -0.3 is 10.4 Å². The van der Waals surface area contributed by atoms with Gasteiger partial charge in [0.05, 0.1) is 6.10 Å². The number of aliphatic hydroxyl groups is 1. The second-order valence-electron chi connectivity index (χ2n) is 5.56. The first kappa shape index (κ1) is 14.1. The molecule has 0 bridgehead atoms. The summed E-state index contributed by atoms with van der Waals surface area (Å²) in [5.41, 5.74) is 1.31. The number of hydrogen-bond acceptors (Lipinski definition) is 2. The SMILES string of the molecule is CCC1(C(=O)Nc2ccccc2C(C)O)CCCC1. The summed E-state index contributed by atoms with van der Waals surface area (Å²) in [5, 5.41) is 12.8. The van der Waals surface area contributed by atoms with Gasteiger partial charge in [-0.3, -0.25) is 4.79 Å². The molecule has 104 valence electrons.